The van der Waals surface area contributed by atoms with Gasteiger partial charge in [0.05, 0.1) is 31.3 Å². The fraction of sp³-hybridized carbons (Fsp3) is 0.481. The van der Waals surface area contributed by atoms with E-state index in [0.29, 0.717) is 65.4 Å². The number of methoxy groups -OCH3 is 1. The van der Waals surface area contributed by atoms with Crippen molar-refractivity contribution in [3.63, 3.8) is 0 Å². The van der Waals surface area contributed by atoms with Gasteiger partial charge in [-0.15, -0.1) is 0 Å². The zero-order chi connectivity index (χ0) is 26.7. The van der Waals surface area contributed by atoms with Crippen LogP contribution >= 0.6 is 11.8 Å². The van der Waals surface area contributed by atoms with Crippen molar-refractivity contribution in [3.8, 4) is 17.6 Å². The summed E-state index contributed by atoms with van der Waals surface area (Å²) in [4.78, 5) is 35.2. The molecule has 0 spiro atoms. The Balaban J connectivity index is 0.00000222. The van der Waals surface area contributed by atoms with Crippen molar-refractivity contribution >= 4 is 29.8 Å². The summed E-state index contributed by atoms with van der Waals surface area (Å²) in [5.41, 5.74) is 1.50. The number of rotatable bonds is 6. The maximum Gasteiger partial charge on any atom is 0.311 e. The number of morpholine rings is 1. The molecule has 2 heterocycles. The second-order valence-corrected chi connectivity index (χ2v) is 9.39. The van der Waals surface area contributed by atoms with Gasteiger partial charge in [-0.2, -0.15) is 0 Å². The smallest absolute Gasteiger partial charge is 0.311 e. The predicted molar refractivity (Wildman–Crippen MR) is 142 cm³/mol. The van der Waals surface area contributed by atoms with Gasteiger partial charge >= 0.3 is 5.97 Å². The summed E-state index contributed by atoms with van der Waals surface area (Å²) in [5, 5.41) is 0.543. The van der Waals surface area contributed by atoms with E-state index >= 15 is 0 Å². The summed E-state index contributed by atoms with van der Waals surface area (Å²) < 4.78 is 16.3. The van der Waals surface area contributed by atoms with E-state index in [1.165, 1.54) is 11.8 Å². The Morgan fingerprint density at radius 2 is 1.89 bits per heavy atom. The first-order valence-electron chi connectivity index (χ1n) is 11.9. The lowest BCUT2D eigenvalue weighted by atomic mass is 9.97. The highest BCUT2D eigenvalue weighted by Gasteiger charge is 2.23. The van der Waals surface area contributed by atoms with Crippen LogP contribution in [0.1, 0.15) is 61.8 Å². The van der Waals surface area contributed by atoms with Crippen molar-refractivity contribution in [2.75, 3.05) is 44.6 Å². The van der Waals surface area contributed by atoms with Crippen molar-refractivity contribution in [2.45, 2.75) is 46.4 Å². The summed E-state index contributed by atoms with van der Waals surface area (Å²) in [6.07, 6.45) is 2.63. The Morgan fingerprint density at radius 3 is 2.47 bits per heavy atom. The molecular formula is C27H35N3O5S. The molecule has 1 saturated heterocycles. The highest BCUT2D eigenvalue weighted by Crippen LogP contribution is 2.25. The molecule has 1 aliphatic rings. The van der Waals surface area contributed by atoms with Crippen LogP contribution in [0.4, 0.5) is 5.82 Å². The number of nitrogens with zero attached hydrogens (tertiary/aromatic N) is 3. The number of benzene rings is 1. The Bertz CT molecular complexity index is 1110. The van der Waals surface area contributed by atoms with E-state index in [0.717, 1.165) is 6.29 Å². The first-order chi connectivity index (χ1) is 17.3. The molecule has 3 rings (SSSR count). The van der Waals surface area contributed by atoms with E-state index in [4.69, 9.17) is 14.2 Å². The molecule has 9 heteroatoms. The van der Waals surface area contributed by atoms with Gasteiger partial charge in [0.25, 0.3) is 0 Å². The largest absolute Gasteiger partial charge is 0.496 e. The van der Waals surface area contributed by atoms with Gasteiger partial charge in [0.2, 0.25) is 0 Å². The van der Waals surface area contributed by atoms with Crippen LogP contribution in [0.3, 0.4) is 0 Å². The monoisotopic (exact) mass is 513 g/mol. The number of thioether (sulfide) groups is 1. The third kappa shape index (κ3) is 7.70. The quantitative estimate of drug-likeness (QED) is 0.184. The minimum atomic E-state index is -0.601. The lowest BCUT2D eigenvalue weighted by Gasteiger charge is -2.29. The van der Waals surface area contributed by atoms with Gasteiger partial charge in [0.1, 0.15) is 23.9 Å². The molecule has 0 atom stereocenters. The van der Waals surface area contributed by atoms with Crippen LogP contribution in [0.2, 0.25) is 0 Å². The second kappa shape index (κ2) is 13.9. The SMILES string of the molecule is CC.COc1ccc(C#Cc2nc(SC)nc(N3CCOCC3)c2C=O)cc1COC(=O)C(C)(C)C. The van der Waals surface area contributed by atoms with E-state index in [2.05, 4.69) is 21.8 Å². The number of anilines is 1. The van der Waals surface area contributed by atoms with E-state index in [9.17, 15) is 9.59 Å². The molecule has 0 N–H and O–H groups in total. The molecule has 1 aliphatic heterocycles. The van der Waals surface area contributed by atoms with Gasteiger partial charge in [-0.3, -0.25) is 9.59 Å². The number of hydrogen-bond donors (Lipinski definition) is 0. The summed E-state index contributed by atoms with van der Waals surface area (Å²) in [6, 6.07) is 5.39. The third-order valence-electron chi connectivity index (χ3n) is 5.09. The Morgan fingerprint density at radius 1 is 1.19 bits per heavy atom. The van der Waals surface area contributed by atoms with Gasteiger partial charge < -0.3 is 19.1 Å². The molecule has 2 aromatic rings. The lowest BCUT2D eigenvalue weighted by molar-refractivity contribution is -0.154. The lowest BCUT2D eigenvalue weighted by Crippen LogP contribution is -2.37. The zero-order valence-corrected chi connectivity index (χ0v) is 23.0. The van der Waals surface area contributed by atoms with Gasteiger partial charge in [-0.1, -0.05) is 31.5 Å². The second-order valence-electron chi connectivity index (χ2n) is 8.62. The molecular weight excluding hydrogens is 478 g/mol. The first-order valence-corrected chi connectivity index (χ1v) is 13.1. The van der Waals surface area contributed by atoms with Crippen LogP contribution < -0.4 is 9.64 Å². The van der Waals surface area contributed by atoms with Crippen molar-refractivity contribution < 1.29 is 23.8 Å². The van der Waals surface area contributed by atoms with Crippen molar-refractivity contribution in [1.29, 1.82) is 0 Å². The van der Waals surface area contributed by atoms with Crippen LogP contribution in [0.15, 0.2) is 23.4 Å². The van der Waals surface area contributed by atoms with E-state index < -0.39 is 5.41 Å². The van der Waals surface area contributed by atoms with Crippen LogP contribution in [-0.4, -0.2) is 61.9 Å². The molecule has 0 aliphatic carbocycles. The summed E-state index contributed by atoms with van der Waals surface area (Å²) in [6.45, 7) is 11.9. The molecule has 194 valence electrons. The van der Waals surface area contributed by atoms with Crippen molar-refractivity contribution in [2.24, 2.45) is 5.41 Å². The number of hydrogen-bond acceptors (Lipinski definition) is 9. The van der Waals surface area contributed by atoms with E-state index in [-0.39, 0.29) is 12.6 Å². The van der Waals surface area contributed by atoms with Crippen molar-refractivity contribution in [3.05, 3.63) is 40.6 Å². The zero-order valence-electron chi connectivity index (χ0n) is 22.1. The number of carbonyl (C=O) groups excluding carboxylic acids is 2. The Labute approximate surface area is 218 Å². The molecule has 1 aromatic heterocycles. The summed E-state index contributed by atoms with van der Waals surface area (Å²) in [7, 11) is 1.56. The number of aromatic nitrogens is 2. The van der Waals surface area contributed by atoms with Crippen molar-refractivity contribution in [1.82, 2.24) is 9.97 Å². The normalized spacial score (nSPS) is 13.0. The molecule has 0 radical (unpaired) electrons. The summed E-state index contributed by atoms with van der Waals surface area (Å²) >= 11 is 1.39. The van der Waals surface area contributed by atoms with Crippen LogP contribution in [0, 0.1) is 17.3 Å². The van der Waals surface area contributed by atoms with Gasteiger partial charge in [0.15, 0.2) is 11.4 Å². The van der Waals surface area contributed by atoms with Gasteiger partial charge in [-0.05, 0) is 51.1 Å². The van der Waals surface area contributed by atoms with Gasteiger partial charge in [0, 0.05) is 24.2 Å². The molecule has 1 fully saturated rings. The van der Waals surface area contributed by atoms with Crippen LogP contribution in [0.5, 0.6) is 5.75 Å². The number of aldehydes is 1. The first kappa shape index (κ1) is 29.1. The fourth-order valence-corrected chi connectivity index (χ4v) is 3.57. The minimum absolute atomic E-state index is 0.0691. The highest BCUT2D eigenvalue weighted by molar-refractivity contribution is 7.98. The highest BCUT2D eigenvalue weighted by atomic mass is 32.2. The summed E-state index contributed by atoms with van der Waals surface area (Å²) in [5.74, 6) is 6.99. The van der Waals surface area contributed by atoms with Crippen LogP contribution in [-0.2, 0) is 20.9 Å². The molecule has 0 saturated carbocycles. The topological polar surface area (TPSA) is 90.9 Å². The van der Waals surface area contributed by atoms with Gasteiger partial charge in [-0.25, -0.2) is 9.97 Å². The van der Waals surface area contributed by atoms with E-state index in [1.54, 1.807) is 40.0 Å². The molecule has 0 bridgehead atoms. The fourth-order valence-electron chi connectivity index (χ4n) is 3.21. The average Bonchev–Trinajstić information content (AvgIpc) is 2.90. The molecule has 8 nitrogen and oxygen atoms in total. The molecule has 1 aromatic carbocycles. The van der Waals surface area contributed by atoms with E-state index in [1.807, 2.05) is 31.1 Å². The maximum atomic E-state index is 12.2. The molecule has 0 unspecified atom stereocenters. The predicted octanol–water partition coefficient (Wildman–Crippen LogP) is 4.37. The third-order valence-corrected chi connectivity index (χ3v) is 5.64. The number of carbonyl (C=O) groups is 2. The molecule has 0 amide bonds. The average molecular weight is 514 g/mol. The Kier molecular flexibility index (Phi) is 11.2. The standard InChI is InChI=1S/C25H29N3O5S.C2H6/c1-25(2,3)23(30)33-16-18-14-17(7-9-21(18)31-4)6-8-20-19(15-29)22(27-24(26-20)34-5)28-10-12-32-13-11-28;1-2/h7,9,14-15H,10-13,16H2,1-5H3;1-2H3. The Hall–Kier alpha value is -3.09. The molecule has 36 heavy (non-hydrogen) atoms. The number of ether oxygens (including phenoxy) is 3. The maximum absolute atomic E-state index is 12.2. The van der Waals surface area contributed by atoms with Crippen LogP contribution in [0.25, 0.3) is 0 Å². The minimum Gasteiger partial charge on any atom is -0.496 e. The number of esters is 1.